The van der Waals surface area contributed by atoms with E-state index in [1.807, 2.05) is 18.2 Å². The first-order chi connectivity index (χ1) is 9.09. The van der Waals surface area contributed by atoms with Crippen molar-refractivity contribution < 1.29 is 4.74 Å². The zero-order valence-corrected chi connectivity index (χ0v) is 11.9. The van der Waals surface area contributed by atoms with Gasteiger partial charge in [-0.3, -0.25) is 0 Å². The van der Waals surface area contributed by atoms with E-state index in [2.05, 4.69) is 18.4 Å². The molecule has 2 unspecified atom stereocenters. The first kappa shape index (κ1) is 12.9. The van der Waals surface area contributed by atoms with Crippen molar-refractivity contribution in [2.75, 3.05) is 13.2 Å². The van der Waals surface area contributed by atoms with Crippen LogP contribution in [0.5, 0.6) is 0 Å². The van der Waals surface area contributed by atoms with Crippen LogP contribution in [0.15, 0.2) is 18.2 Å². The minimum Gasteiger partial charge on any atom is -0.379 e. The number of ether oxygens (including phenoxy) is 1. The van der Waals surface area contributed by atoms with E-state index in [-0.39, 0.29) is 18.0 Å². The van der Waals surface area contributed by atoms with Gasteiger partial charge in [0, 0.05) is 12.1 Å². The van der Waals surface area contributed by atoms with Gasteiger partial charge in [-0.15, -0.1) is 0 Å². The molecule has 0 aliphatic carbocycles. The highest BCUT2D eigenvalue weighted by atomic mass is 35.5. The molecule has 1 aromatic heterocycles. The van der Waals surface area contributed by atoms with Crippen LogP contribution >= 0.6 is 11.6 Å². The summed E-state index contributed by atoms with van der Waals surface area (Å²) < 4.78 is 7.66. The Morgan fingerprint density at radius 1 is 1.42 bits per heavy atom. The lowest BCUT2D eigenvalue weighted by atomic mass is 10.0. The fourth-order valence-corrected chi connectivity index (χ4v) is 3.01. The maximum absolute atomic E-state index is 6.34. The standard InChI is InChI=1S/C14H18ClN3O/c1-8(2)18-13-10(15)4-3-5-12(13)17-14(18)9-6-19-7-11(9)16/h3-5,8-9,11H,6-7,16H2,1-2H3. The second kappa shape index (κ2) is 4.78. The van der Waals surface area contributed by atoms with Crippen LogP contribution in [0.1, 0.15) is 31.6 Å². The Bertz CT molecular complexity index is 608. The Kier molecular flexibility index (Phi) is 3.25. The van der Waals surface area contributed by atoms with Gasteiger partial charge < -0.3 is 15.0 Å². The van der Waals surface area contributed by atoms with Gasteiger partial charge in [-0.1, -0.05) is 17.7 Å². The molecule has 19 heavy (non-hydrogen) atoms. The molecule has 2 N–H and O–H groups in total. The third-order valence-corrected chi connectivity index (χ3v) is 3.97. The van der Waals surface area contributed by atoms with Crippen LogP contribution in [0.25, 0.3) is 11.0 Å². The van der Waals surface area contributed by atoms with Crippen LogP contribution in [0.2, 0.25) is 5.02 Å². The molecule has 2 heterocycles. The van der Waals surface area contributed by atoms with Crippen molar-refractivity contribution in [3.63, 3.8) is 0 Å². The molecular formula is C14H18ClN3O. The van der Waals surface area contributed by atoms with Crippen LogP contribution < -0.4 is 5.73 Å². The fourth-order valence-electron chi connectivity index (χ4n) is 2.75. The lowest BCUT2D eigenvalue weighted by Gasteiger charge is -2.19. The molecule has 0 bridgehead atoms. The Hall–Kier alpha value is -1.10. The number of fused-ring (bicyclic) bond motifs is 1. The Balaban J connectivity index is 2.24. The van der Waals surface area contributed by atoms with Crippen LogP contribution in [0, 0.1) is 0 Å². The highest BCUT2D eigenvalue weighted by Gasteiger charge is 2.32. The average molecular weight is 280 g/mol. The van der Waals surface area contributed by atoms with Gasteiger partial charge in [0.05, 0.1) is 35.2 Å². The monoisotopic (exact) mass is 279 g/mol. The van der Waals surface area contributed by atoms with E-state index in [1.165, 1.54) is 0 Å². The van der Waals surface area contributed by atoms with Crippen molar-refractivity contribution in [2.45, 2.75) is 31.8 Å². The molecule has 2 atom stereocenters. The van der Waals surface area contributed by atoms with Gasteiger partial charge >= 0.3 is 0 Å². The molecule has 1 fully saturated rings. The van der Waals surface area contributed by atoms with Crippen molar-refractivity contribution in [3.8, 4) is 0 Å². The normalized spacial score (nSPS) is 23.6. The van der Waals surface area contributed by atoms with Gasteiger partial charge in [-0.2, -0.15) is 0 Å². The maximum atomic E-state index is 6.34. The van der Waals surface area contributed by atoms with Crippen LogP contribution in [0.3, 0.4) is 0 Å². The van der Waals surface area contributed by atoms with Gasteiger partial charge in [0.2, 0.25) is 0 Å². The summed E-state index contributed by atoms with van der Waals surface area (Å²) in [5.74, 6) is 1.13. The zero-order chi connectivity index (χ0) is 13.6. The van der Waals surface area contributed by atoms with Crippen molar-refractivity contribution in [1.29, 1.82) is 0 Å². The third kappa shape index (κ3) is 2.04. The summed E-state index contributed by atoms with van der Waals surface area (Å²) >= 11 is 6.34. The summed E-state index contributed by atoms with van der Waals surface area (Å²) in [5.41, 5.74) is 8.05. The number of aromatic nitrogens is 2. The zero-order valence-electron chi connectivity index (χ0n) is 11.1. The number of para-hydroxylation sites is 1. The Labute approximate surface area is 117 Å². The molecule has 2 aromatic rings. The van der Waals surface area contributed by atoms with Crippen molar-refractivity contribution >= 4 is 22.6 Å². The third-order valence-electron chi connectivity index (χ3n) is 3.66. The molecule has 5 heteroatoms. The predicted octanol–water partition coefficient (Wildman–Crippen LogP) is 2.71. The minimum atomic E-state index is 0.00749. The van der Waals surface area contributed by atoms with Crippen LogP contribution in [-0.4, -0.2) is 28.8 Å². The number of nitrogens with zero attached hydrogens (tertiary/aromatic N) is 2. The summed E-state index contributed by atoms with van der Waals surface area (Å²) in [6.07, 6.45) is 0. The van der Waals surface area contributed by atoms with E-state index >= 15 is 0 Å². The molecular weight excluding hydrogens is 262 g/mol. The summed E-state index contributed by atoms with van der Waals surface area (Å²) in [5, 5.41) is 0.734. The van der Waals surface area contributed by atoms with Gasteiger partial charge in [0.1, 0.15) is 5.82 Å². The second-order valence-corrected chi connectivity index (χ2v) is 5.76. The molecule has 1 saturated heterocycles. The van der Waals surface area contributed by atoms with Gasteiger partial charge in [0.25, 0.3) is 0 Å². The van der Waals surface area contributed by atoms with Crippen molar-refractivity contribution in [2.24, 2.45) is 5.73 Å². The molecule has 3 rings (SSSR count). The molecule has 0 amide bonds. The second-order valence-electron chi connectivity index (χ2n) is 5.35. The van der Waals surface area contributed by atoms with E-state index in [1.54, 1.807) is 0 Å². The summed E-state index contributed by atoms with van der Waals surface area (Å²) in [6.45, 7) is 5.50. The molecule has 0 saturated carbocycles. The quantitative estimate of drug-likeness (QED) is 0.920. The van der Waals surface area contributed by atoms with Gasteiger partial charge in [-0.05, 0) is 26.0 Å². The smallest absolute Gasteiger partial charge is 0.117 e. The Morgan fingerprint density at radius 2 is 2.21 bits per heavy atom. The lowest BCUT2D eigenvalue weighted by molar-refractivity contribution is 0.190. The SMILES string of the molecule is CC(C)n1c(C2COCC2N)nc2cccc(Cl)c21. The fraction of sp³-hybridized carbons (Fsp3) is 0.500. The molecule has 0 radical (unpaired) electrons. The predicted molar refractivity (Wildman–Crippen MR) is 76.7 cm³/mol. The van der Waals surface area contributed by atoms with Crippen LogP contribution in [-0.2, 0) is 4.74 Å². The number of imidazole rings is 1. The summed E-state index contributed by atoms with van der Waals surface area (Å²) in [6, 6.07) is 6.11. The number of nitrogens with two attached hydrogens (primary N) is 1. The maximum Gasteiger partial charge on any atom is 0.117 e. The first-order valence-corrected chi connectivity index (χ1v) is 6.97. The molecule has 0 spiro atoms. The van der Waals surface area contributed by atoms with E-state index in [0.29, 0.717) is 13.2 Å². The number of hydrogen-bond acceptors (Lipinski definition) is 3. The highest BCUT2D eigenvalue weighted by Crippen LogP contribution is 2.33. The molecule has 102 valence electrons. The number of benzene rings is 1. The molecule has 1 aliphatic rings. The van der Waals surface area contributed by atoms with Gasteiger partial charge in [-0.25, -0.2) is 4.98 Å². The number of halogens is 1. The van der Waals surface area contributed by atoms with E-state index in [4.69, 9.17) is 27.1 Å². The summed E-state index contributed by atoms with van der Waals surface area (Å²) in [4.78, 5) is 4.75. The van der Waals surface area contributed by atoms with Gasteiger partial charge in [0.15, 0.2) is 0 Å². The Morgan fingerprint density at radius 3 is 2.84 bits per heavy atom. The summed E-state index contributed by atoms with van der Waals surface area (Å²) in [7, 11) is 0. The first-order valence-electron chi connectivity index (χ1n) is 6.59. The average Bonchev–Trinajstić information content (AvgIpc) is 2.92. The minimum absolute atomic E-state index is 0.00749. The number of rotatable bonds is 2. The van der Waals surface area contributed by atoms with E-state index in [9.17, 15) is 0 Å². The largest absolute Gasteiger partial charge is 0.379 e. The van der Waals surface area contributed by atoms with Crippen molar-refractivity contribution in [3.05, 3.63) is 29.0 Å². The van der Waals surface area contributed by atoms with E-state index < -0.39 is 0 Å². The lowest BCUT2D eigenvalue weighted by Crippen LogP contribution is -2.29. The van der Waals surface area contributed by atoms with E-state index in [0.717, 1.165) is 21.9 Å². The number of hydrogen-bond donors (Lipinski definition) is 1. The van der Waals surface area contributed by atoms with Crippen molar-refractivity contribution in [1.82, 2.24) is 9.55 Å². The molecule has 4 nitrogen and oxygen atoms in total. The van der Waals surface area contributed by atoms with Crippen LogP contribution in [0.4, 0.5) is 0 Å². The topological polar surface area (TPSA) is 53.1 Å². The highest BCUT2D eigenvalue weighted by molar-refractivity contribution is 6.35. The molecule has 1 aromatic carbocycles. The molecule has 1 aliphatic heterocycles.